The highest BCUT2D eigenvalue weighted by Crippen LogP contribution is 2.16. The molecule has 0 saturated heterocycles. The fraction of sp³-hybridized carbons (Fsp3) is 0.636. The van der Waals surface area contributed by atoms with E-state index in [1.165, 1.54) is 4.31 Å². The maximum atomic E-state index is 12.1. The average Bonchev–Trinajstić information content (AvgIpc) is 2.77. The number of hydrogen-bond acceptors (Lipinski definition) is 3. The van der Waals surface area contributed by atoms with Crippen LogP contribution in [0, 0.1) is 5.92 Å². The summed E-state index contributed by atoms with van der Waals surface area (Å²) in [4.78, 5) is 1.06. The second-order valence-electron chi connectivity index (χ2n) is 4.04. The van der Waals surface area contributed by atoms with E-state index in [0.717, 1.165) is 4.88 Å². The van der Waals surface area contributed by atoms with E-state index in [1.807, 2.05) is 31.4 Å². The Hall–Kier alpha value is -0.100. The van der Waals surface area contributed by atoms with Crippen molar-refractivity contribution in [3.63, 3.8) is 0 Å². The summed E-state index contributed by atoms with van der Waals surface area (Å²) in [5.74, 6) is 0.477. The van der Waals surface area contributed by atoms with Gasteiger partial charge >= 0.3 is 0 Å². The molecule has 0 aliphatic heterocycles. The van der Waals surface area contributed by atoms with Gasteiger partial charge in [0.15, 0.2) is 0 Å². The molecule has 1 atom stereocenters. The minimum atomic E-state index is -3.20. The van der Waals surface area contributed by atoms with Gasteiger partial charge in [-0.15, -0.1) is 22.9 Å². The number of nitrogens with zero attached hydrogens (tertiary/aromatic N) is 1. The fourth-order valence-electron chi connectivity index (χ4n) is 1.49. The lowest BCUT2D eigenvalue weighted by Gasteiger charge is -2.21. The molecule has 0 fully saturated rings. The summed E-state index contributed by atoms with van der Waals surface area (Å²) in [5, 5.41) is 1.96. The summed E-state index contributed by atoms with van der Waals surface area (Å²) in [6.45, 7) is 4.67. The predicted octanol–water partition coefficient (Wildman–Crippen LogP) is 2.77. The molecule has 0 saturated carbocycles. The molecule has 0 radical (unpaired) electrons. The number of hydrogen-bond donors (Lipinski definition) is 0. The Morgan fingerprint density at radius 1 is 1.53 bits per heavy atom. The Balaban J connectivity index is 2.72. The Bertz CT molecular complexity index is 417. The normalized spacial score (nSPS) is 14.1. The van der Waals surface area contributed by atoms with Gasteiger partial charge in [0.05, 0.1) is 5.75 Å². The fourth-order valence-corrected chi connectivity index (χ4v) is 4.31. The molecule has 1 aromatic heterocycles. The molecule has 0 aliphatic rings. The number of halogens is 1. The van der Waals surface area contributed by atoms with Gasteiger partial charge in [0.25, 0.3) is 0 Å². The lowest BCUT2D eigenvalue weighted by Crippen LogP contribution is -2.34. The van der Waals surface area contributed by atoms with Crippen LogP contribution in [0.3, 0.4) is 0 Å². The van der Waals surface area contributed by atoms with Crippen LogP contribution >= 0.6 is 22.9 Å². The molecule has 0 N–H and O–H groups in total. The minimum absolute atomic E-state index is 0.0148. The average molecular weight is 296 g/mol. The first-order valence-corrected chi connectivity index (χ1v) is 8.58. The molecule has 6 heteroatoms. The molecule has 98 valence electrons. The first-order valence-electron chi connectivity index (χ1n) is 5.55. The SMILES string of the molecule is CCN(Cc1cccs1)S(=O)(=O)CC(C)CCl. The molecular weight excluding hydrogens is 278 g/mol. The highest BCUT2D eigenvalue weighted by atomic mass is 35.5. The maximum Gasteiger partial charge on any atom is 0.214 e. The topological polar surface area (TPSA) is 37.4 Å². The highest BCUT2D eigenvalue weighted by molar-refractivity contribution is 7.89. The van der Waals surface area contributed by atoms with Crippen LogP contribution in [0.2, 0.25) is 0 Å². The molecule has 3 nitrogen and oxygen atoms in total. The highest BCUT2D eigenvalue weighted by Gasteiger charge is 2.23. The maximum absolute atomic E-state index is 12.1. The van der Waals surface area contributed by atoms with Crippen molar-refractivity contribution < 1.29 is 8.42 Å². The Labute approximate surface area is 112 Å². The Kier molecular flexibility index (Phi) is 5.92. The molecule has 0 spiro atoms. The van der Waals surface area contributed by atoms with Crippen LogP contribution in [0.5, 0.6) is 0 Å². The van der Waals surface area contributed by atoms with Gasteiger partial charge in [-0.05, 0) is 17.4 Å². The first kappa shape index (κ1) is 15.0. The zero-order chi connectivity index (χ0) is 12.9. The molecule has 0 amide bonds. The van der Waals surface area contributed by atoms with Crippen molar-refractivity contribution in [2.24, 2.45) is 5.92 Å². The Morgan fingerprint density at radius 2 is 2.24 bits per heavy atom. The summed E-state index contributed by atoms with van der Waals surface area (Å²) < 4.78 is 25.8. The molecular formula is C11H18ClNO2S2. The third-order valence-electron chi connectivity index (χ3n) is 2.42. The zero-order valence-corrected chi connectivity index (χ0v) is 12.5. The lowest BCUT2D eigenvalue weighted by molar-refractivity contribution is 0.422. The number of rotatable bonds is 7. The van der Waals surface area contributed by atoms with Crippen molar-refractivity contribution in [3.8, 4) is 0 Å². The van der Waals surface area contributed by atoms with Crippen LogP contribution in [-0.2, 0) is 16.6 Å². The van der Waals surface area contributed by atoms with Crippen LogP contribution in [0.15, 0.2) is 17.5 Å². The summed E-state index contributed by atoms with van der Waals surface area (Å²) in [6.07, 6.45) is 0. The quantitative estimate of drug-likeness (QED) is 0.725. The summed E-state index contributed by atoms with van der Waals surface area (Å²) in [5.41, 5.74) is 0. The zero-order valence-electron chi connectivity index (χ0n) is 10.1. The van der Waals surface area contributed by atoms with Gasteiger partial charge in [0, 0.05) is 23.8 Å². The third kappa shape index (κ3) is 4.58. The van der Waals surface area contributed by atoms with Gasteiger partial charge in [0.1, 0.15) is 0 Å². The van der Waals surface area contributed by atoms with Crippen molar-refractivity contribution in [3.05, 3.63) is 22.4 Å². The number of alkyl halides is 1. The van der Waals surface area contributed by atoms with E-state index in [0.29, 0.717) is 19.0 Å². The van der Waals surface area contributed by atoms with Gasteiger partial charge in [-0.1, -0.05) is 19.9 Å². The van der Waals surface area contributed by atoms with E-state index in [2.05, 4.69) is 0 Å². The summed E-state index contributed by atoms with van der Waals surface area (Å²) in [7, 11) is -3.20. The van der Waals surface area contributed by atoms with Crippen LogP contribution < -0.4 is 0 Å². The summed E-state index contributed by atoms with van der Waals surface area (Å²) in [6, 6.07) is 3.88. The smallest absolute Gasteiger partial charge is 0.212 e. The third-order valence-corrected chi connectivity index (χ3v) is 5.97. The number of thiophene rings is 1. The molecule has 0 aromatic carbocycles. The van der Waals surface area contributed by atoms with Gasteiger partial charge in [0.2, 0.25) is 10.0 Å². The molecule has 0 bridgehead atoms. The molecule has 0 aliphatic carbocycles. The van der Waals surface area contributed by atoms with E-state index in [-0.39, 0.29) is 11.7 Å². The largest absolute Gasteiger partial charge is 0.214 e. The van der Waals surface area contributed by atoms with Crippen molar-refractivity contribution in [1.29, 1.82) is 0 Å². The lowest BCUT2D eigenvalue weighted by atomic mass is 10.3. The second kappa shape index (κ2) is 6.73. The van der Waals surface area contributed by atoms with E-state index in [9.17, 15) is 8.42 Å². The van der Waals surface area contributed by atoms with Gasteiger partial charge in [-0.2, -0.15) is 4.31 Å². The van der Waals surface area contributed by atoms with Crippen molar-refractivity contribution in [1.82, 2.24) is 4.31 Å². The van der Waals surface area contributed by atoms with E-state index in [1.54, 1.807) is 11.3 Å². The van der Waals surface area contributed by atoms with Crippen LogP contribution in [0.4, 0.5) is 0 Å². The van der Waals surface area contributed by atoms with Crippen LogP contribution in [0.1, 0.15) is 18.7 Å². The second-order valence-corrected chi connectivity index (χ2v) is 7.40. The van der Waals surface area contributed by atoms with E-state index >= 15 is 0 Å². The summed E-state index contributed by atoms with van der Waals surface area (Å²) >= 11 is 7.24. The van der Waals surface area contributed by atoms with Gasteiger partial charge in [-0.3, -0.25) is 0 Å². The minimum Gasteiger partial charge on any atom is -0.212 e. The van der Waals surface area contributed by atoms with Crippen LogP contribution in [-0.4, -0.2) is 30.9 Å². The van der Waals surface area contributed by atoms with Crippen molar-refractivity contribution >= 4 is 33.0 Å². The van der Waals surface area contributed by atoms with Gasteiger partial charge in [-0.25, -0.2) is 8.42 Å². The molecule has 1 aromatic rings. The molecule has 17 heavy (non-hydrogen) atoms. The van der Waals surface area contributed by atoms with Gasteiger partial charge < -0.3 is 0 Å². The van der Waals surface area contributed by atoms with Crippen molar-refractivity contribution in [2.75, 3.05) is 18.2 Å². The number of sulfonamides is 1. The Morgan fingerprint density at radius 3 is 2.71 bits per heavy atom. The standard InChI is InChI=1S/C11H18ClNO2S2/c1-3-13(8-11-5-4-6-16-11)17(14,15)9-10(2)7-12/h4-6,10H,3,7-9H2,1-2H3. The monoisotopic (exact) mass is 295 g/mol. The van der Waals surface area contributed by atoms with E-state index < -0.39 is 10.0 Å². The molecule has 1 heterocycles. The molecule has 1 unspecified atom stereocenters. The van der Waals surface area contributed by atoms with Crippen molar-refractivity contribution in [2.45, 2.75) is 20.4 Å². The van der Waals surface area contributed by atoms with E-state index in [4.69, 9.17) is 11.6 Å². The molecule has 1 rings (SSSR count). The first-order chi connectivity index (χ1) is 7.99. The van der Waals surface area contributed by atoms with Crippen LogP contribution in [0.25, 0.3) is 0 Å². The predicted molar refractivity (Wildman–Crippen MR) is 74.1 cm³/mol.